The number of fused-ring (bicyclic) bond motifs is 2. The van der Waals surface area contributed by atoms with Gasteiger partial charge in [-0.3, -0.25) is 4.68 Å². The summed E-state index contributed by atoms with van der Waals surface area (Å²) in [4.78, 5) is 4.72. The fraction of sp³-hybridized carbons (Fsp3) is 0.312. The Morgan fingerprint density at radius 2 is 2.26 bits per heavy atom. The van der Waals surface area contributed by atoms with Crippen LogP contribution in [0, 0.1) is 5.92 Å². The summed E-state index contributed by atoms with van der Waals surface area (Å²) >= 11 is 0. The van der Waals surface area contributed by atoms with E-state index in [2.05, 4.69) is 21.6 Å². The van der Waals surface area contributed by atoms with Gasteiger partial charge in [0.1, 0.15) is 11.6 Å². The van der Waals surface area contributed by atoms with Crippen molar-refractivity contribution in [2.75, 3.05) is 6.54 Å². The highest BCUT2D eigenvalue weighted by molar-refractivity contribution is 5.63. The molecule has 0 spiro atoms. The molecule has 0 saturated heterocycles. The van der Waals surface area contributed by atoms with Crippen molar-refractivity contribution in [3.05, 3.63) is 42.6 Å². The van der Waals surface area contributed by atoms with Crippen LogP contribution in [-0.4, -0.2) is 37.0 Å². The topological polar surface area (TPSA) is 69.3 Å². The Balaban J connectivity index is 1.55. The molecule has 2 atom stereocenters. The molecule has 0 aromatic carbocycles. The number of piperidine rings is 1. The molecular formula is C16H16N6O. The van der Waals surface area contributed by atoms with Crippen LogP contribution in [-0.2, 0) is 7.05 Å². The van der Waals surface area contributed by atoms with Crippen LogP contribution < -0.4 is 10.1 Å². The molecule has 3 aromatic rings. The maximum absolute atomic E-state index is 6.26. The van der Waals surface area contributed by atoms with E-state index in [4.69, 9.17) is 9.72 Å². The molecule has 4 heterocycles. The molecule has 0 unspecified atom stereocenters. The van der Waals surface area contributed by atoms with Crippen LogP contribution in [0.4, 0.5) is 0 Å². The first-order valence-electron chi connectivity index (χ1n) is 7.71. The standard InChI is InChI=1S/C16H16N6O/c1-21-8-11(7-19-21)13-9-22-14(2-3-18-22)16(20-13)23-15-5-12-4-10(15)6-17-12/h2-4,7-10,15,17H,5-6H2,1H3/t10-,15+/m1/s1. The zero-order chi connectivity index (χ0) is 15.4. The quantitative estimate of drug-likeness (QED) is 0.792. The first-order chi connectivity index (χ1) is 11.3. The fourth-order valence-corrected chi connectivity index (χ4v) is 3.32. The zero-order valence-corrected chi connectivity index (χ0v) is 12.7. The van der Waals surface area contributed by atoms with Crippen LogP contribution in [0.5, 0.6) is 5.88 Å². The summed E-state index contributed by atoms with van der Waals surface area (Å²) in [6.07, 6.45) is 10.7. The number of aromatic nitrogens is 5. The van der Waals surface area contributed by atoms with Gasteiger partial charge < -0.3 is 10.1 Å². The van der Waals surface area contributed by atoms with Gasteiger partial charge in [-0.25, -0.2) is 9.50 Å². The van der Waals surface area contributed by atoms with Crippen molar-refractivity contribution in [2.45, 2.75) is 12.5 Å². The minimum atomic E-state index is 0.154. The number of nitrogens with one attached hydrogen (secondary N) is 1. The molecule has 0 amide bonds. The van der Waals surface area contributed by atoms with Crippen molar-refractivity contribution in [3.63, 3.8) is 0 Å². The third-order valence-electron chi connectivity index (χ3n) is 4.50. The molecule has 1 N–H and O–H groups in total. The average Bonchev–Trinajstić information content (AvgIpc) is 3.30. The largest absolute Gasteiger partial charge is 0.472 e. The Kier molecular flexibility index (Phi) is 2.53. The van der Waals surface area contributed by atoms with Gasteiger partial charge in [0.15, 0.2) is 0 Å². The molecule has 3 aromatic heterocycles. The summed E-state index contributed by atoms with van der Waals surface area (Å²) < 4.78 is 9.83. The van der Waals surface area contributed by atoms with E-state index in [1.54, 1.807) is 17.1 Å². The lowest BCUT2D eigenvalue weighted by Crippen LogP contribution is -2.33. The number of aryl methyl sites for hydroxylation is 1. The minimum absolute atomic E-state index is 0.154. The van der Waals surface area contributed by atoms with Gasteiger partial charge in [0.25, 0.3) is 0 Å². The van der Waals surface area contributed by atoms with Crippen LogP contribution in [0.3, 0.4) is 0 Å². The maximum Gasteiger partial charge on any atom is 0.241 e. The summed E-state index contributed by atoms with van der Waals surface area (Å²) in [6, 6.07) is 1.93. The van der Waals surface area contributed by atoms with Crippen LogP contribution in [0.2, 0.25) is 0 Å². The maximum atomic E-state index is 6.26. The third-order valence-corrected chi connectivity index (χ3v) is 4.50. The third kappa shape index (κ3) is 2.00. The number of ether oxygens (including phenoxy) is 1. The first kappa shape index (κ1) is 12.7. The molecule has 5 rings (SSSR count). The van der Waals surface area contributed by atoms with Gasteiger partial charge in [0.05, 0.1) is 24.3 Å². The molecule has 7 nitrogen and oxygen atoms in total. The summed E-state index contributed by atoms with van der Waals surface area (Å²) in [6.45, 7) is 0.956. The molecule has 0 radical (unpaired) electrons. The lowest BCUT2D eigenvalue weighted by molar-refractivity contribution is 0.152. The highest BCUT2D eigenvalue weighted by Gasteiger charge is 2.35. The van der Waals surface area contributed by atoms with Gasteiger partial charge in [-0.2, -0.15) is 10.2 Å². The predicted molar refractivity (Wildman–Crippen MR) is 83.8 cm³/mol. The van der Waals surface area contributed by atoms with Crippen molar-refractivity contribution < 1.29 is 4.74 Å². The highest BCUT2D eigenvalue weighted by Crippen LogP contribution is 2.33. The zero-order valence-electron chi connectivity index (χ0n) is 12.7. The second kappa shape index (κ2) is 4.58. The molecular weight excluding hydrogens is 292 g/mol. The van der Waals surface area contributed by atoms with E-state index in [0.29, 0.717) is 11.8 Å². The fourth-order valence-electron chi connectivity index (χ4n) is 3.32. The van der Waals surface area contributed by atoms with E-state index in [1.165, 1.54) is 5.70 Å². The lowest BCUT2D eigenvalue weighted by atomic mass is 10.1. The Morgan fingerprint density at radius 1 is 1.30 bits per heavy atom. The number of hydrogen-bond acceptors (Lipinski definition) is 5. The van der Waals surface area contributed by atoms with E-state index < -0.39 is 0 Å². The van der Waals surface area contributed by atoms with E-state index in [9.17, 15) is 0 Å². The smallest absolute Gasteiger partial charge is 0.241 e. The second-order valence-electron chi connectivity index (χ2n) is 6.09. The molecule has 23 heavy (non-hydrogen) atoms. The summed E-state index contributed by atoms with van der Waals surface area (Å²) in [5, 5.41) is 11.9. The summed E-state index contributed by atoms with van der Waals surface area (Å²) in [5.74, 6) is 1.06. The van der Waals surface area contributed by atoms with Crippen molar-refractivity contribution in [2.24, 2.45) is 13.0 Å². The van der Waals surface area contributed by atoms with Gasteiger partial charge in [-0.15, -0.1) is 0 Å². The molecule has 1 aliphatic heterocycles. The normalized spacial score (nSPS) is 22.4. The van der Waals surface area contributed by atoms with Gasteiger partial charge in [0.2, 0.25) is 5.88 Å². The Bertz CT molecular complexity index is 924. The van der Waals surface area contributed by atoms with Crippen molar-refractivity contribution >= 4 is 5.52 Å². The van der Waals surface area contributed by atoms with Crippen molar-refractivity contribution in [1.82, 2.24) is 29.7 Å². The Labute approximate surface area is 132 Å². The molecule has 1 aliphatic carbocycles. The molecule has 2 aliphatic rings. The average molecular weight is 308 g/mol. The minimum Gasteiger partial charge on any atom is -0.472 e. The molecule has 116 valence electrons. The van der Waals surface area contributed by atoms with Crippen LogP contribution >= 0.6 is 0 Å². The second-order valence-corrected chi connectivity index (χ2v) is 6.09. The van der Waals surface area contributed by atoms with Gasteiger partial charge in [0, 0.05) is 43.4 Å². The number of rotatable bonds is 3. The van der Waals surface area contributed by atoms with Gasteiger partial charge >= 0.3 is 0 Å². The SMILES string of the molecule is Cn1cc(-c2cn3nccc3c(O[C@H]3CC4=C[C@@H]3CN4)n2)cn1. The molecule has 0 fully saturated rings. The Hall–Kier alpha value is -2.83. The van der Waals surface area contributed by atoms with E-state index in [1.807, 2.05) is 30.0 Å². The van der Waals surface area contributed by atoms with Gasteiger partial charge in [-0.1, -0.05) is 6.08 Å². The van der Waals surface area contributed by atoms with Crippen molar-refractivity contribution in [3.8, 4) is 17.1 Å². The monoisotopic (exact) mass is 308 g/mol. The molecule has 7 heteroatoms. The summed E-state index contributed by atoms with van der Waals surface area (Å²) in [7, 11) is 1.89. The van der Waals surface area contributed by atoms with E-state index >= 15 is 0 Å². The molecule has 2 bridgehead atoms. The lowest BCUT2D eigenvalue weighted by Gasteiger charge is -2.24. The van der Waals surface area contributed by atoms with Crippen LogP contribution in [0.25, 0.3) is 16.8 Å². The van der Waals surface area contributed by atoms with Gasteiger partial charge in [-0.05, 0) is 6.07 Å². The first-order valence-corrected chi connectivity index (χ1v) is 7.71. The van der Waals surface area contributed by atoms with E-state index in [0.717, 1.165) is 29.7 Å². The van der Waals surface area contributed by atoms with E-state index in [-0.39, 0.29) is 6.10 Å². The number of nitrogens with zero attached hydrogens (tertiary/aromatic N) is 5. The van der Waals surface area contributed by atoms with Crippen molar-refractivity contribution in [1.29, 1.82) is 0 Å². The highest BCUT2D eigenvalue weighted by atomic mass is 16.5. The number of hydrogen-bond donors (Lipinski definition) is 1. The Morgan fingerprint density at radius 3 is 3.00 bits per heavy atom. The molecule has 0 saturated carbocycles. The predicted octanol–water partition coefficient (Wildman–Crippen LogP) is 1.38. The summed E-state index contributed by atoms with van der Waals surface area (Å²) in [5.41, 5.74) is 3.93. The van der Waals surface area contributed by atoms with Crippen LogP contribution in [0.15, 0.2) is 42.6 Å². The van der Waals surface area contributed by atoms with Crippen LogP contribution in [0.1, 0.15) is 6.42 Å².